The standard InChI is InChI=1S/C18H27N5/c1-15(2)11-23-18(19-14-20-23)13-22-10-9-21(3)12-17(22)16-7-5-4-6-8-16/h4-8,14-15,17H,9-13H2,1-3H3. The van der Waals surface area contributed by atoms with Gasteiger partial charge in [0, 0.05) is 32.2 Å². The van der Waals surface area contributed by atoms with E-state index < -0.39 is 0 Å². The number of nitrogens with zero attached hydrogens (tertiary/aromatic N) is 5. The van der Waals surface area contributed by atoms with Gasteiger partial charge in [-0.1, -0.05) is 44.2 Å². The SMILES string of the molecule is CC(C)Cn1ncnc1CN1CCN(C)CC1c1ccccc1. The van der Waals surface area contributed by atoms with Crippen molar-refractivity contribution in [3.8, 4) is 0 Å². The lowest BCUT2D eigenvalue weighted by Gasteiger charge is -2.40. The molecule has 1 aliphatic heterocycles. The number of rotatable bonds is 5. The summed E-state index contributed by atoms with van der Waals surface area (Å²) in [5, 5.41) is 4.40. The Morgan fingerprint density at radius 1 is 1.17 bits per heavy atom. The van der Waals surface area contributed by atoms with E-state index in [4.69, 9.17) is 0 Å². The molecule has 1 unspecified atom stereocenters. The second-order valence-corrected chi connectivity index (χ2v) is 6.91. The van der Waals surface area contributed by atoms with Gasteiger partial charge in [0.25, 0.3) is 0 Å². The molecule has 1 fully saturated rings. The van der Waals surface area contributed by atoms with E-state index >= 15 is 0 Å². The van der Waals surface area contributed by atoms with Crippen LogP contribution in [0.4, 0.5) is 0 Å². The molecule has 124 valence electrons. The molecule has 0 saturated carbocycles. The zero-order chi connectivity index (χ0) is 16.2. The third kappa shape index (κ3) is 3.98. The van der Waals surface area contributed by atoms with Gasteiger partial charge in [-0.15, -0.1) is 0 Å². The first-order valence-electron chi connectivity index (χ1n) is 8.47. The smallest absolute Gasteiger partial charge is 0.141 e. The van der Waals surface area contributed by atoms with Crippen molar-refractivity contribution in [2.75, 3.05) is 26.7 Å². The molecule has 23 heavy (non-hydrogen) atoms. The Morgan fingerprint density at radius 3 is 2.70 bits per heavy atom. The Kier molecular flexibility index (Phi) is 5.08. The highest BCUT2D eigenvalue weighted by atomic mass is 15.4. The Morgan fingerprint density at radius 2 is 1.96 bits per heavy atom. The second-order valence-electron chi connectivity index (χ2n) is 6.91. The summed E-state index contributed by atoms with van der Waals surface area (Å²) in [5.41, 5.74) is 1.38. The van der Waals surface area contributed by atoms with E-state index in [0.29, 0.717) is 12.0 Å². The van der Waals surface area contributed by atoms with Crippen LogP contribution in [0, 0.1) is 5.92 Å². The number of hydrogen-bond acceptors (Lipinski definition) is 4. The van der Waals surface area contributed by atoms with E-state index in [9.17, 15) is 0 Å². The van der Waals surface area contributed by atoms with Gasteiger partial charge in [-0.25, -0.2) is 9.67 Å². The van der Waals surface area contributed by atoms with Gasteiger partial charge in [0.1, 0.15) is 12.2 Å². The van der Waals surface area contributed by atoms with Crippen LogP contribution in [0.15, 0.2) is 36.7 Å². The summed E-state index contributed by atoms with van der Waals surface area (Å²) >= 11 is 0. The van der Waals surface area contributed by atoms with Gasteiger partial charge in [0.15, 0.2) is 0 Å². The van der Waals surface area contributed by atoms with E-state index in [1.165, 1.54) is 5.56 Å². The Hall–Kier alpha value is -1.72. The van der Waals surface area contributed by atoms with Crippen molar-refractivity contribution >= 4 is 0 Å². The topological polar surface area (TPSA) is 37.2 Å². The van der Waals surface area contributed by atoms with E-state index in [1.807, 2.05) is 0 Å². The normalized spacial score (nSPS) is 20.3. The summed E-state index contributed by atoms with van der Waals surface area (Å²) in [6.45, 7) is 9.44. The minimum atomic E-state index is 0.416. The third-order valence-electron chi connectivity index (χ3n) is 4.46. The zero-order valence-electron chi connectivity index (χ0n) is 14.4. The van der Waals surface area contributed by atoms with Crippen LogP contribution in [-0.2, 0) is 13.1 Å². The molecular weight excluding hydrogens is 286 g/mol. The first-order valence-corrected chi connectivity index (χ1v) is 8.47. The van der Waals surface area contributed by atoms with Gasteiger partial charge in [-0.3, -0.25) is 4.90 Å². The third-order valence-corrected chi connectivity index (χ3v) is 4.46. The fourth-order valence-corrected chi connectivity index (χ4v) is 3.23. The zero-order valence-corrected chi connectivity index (χ0v) is 14.4. The molecule has 1 aliphatic rings. The molecule has 0 aliphatic carbocycles. The molecule has 0 spiro atoms. The van der Waals surface area contributed by atoms with Crippen LogP contribution in [0.1, 0.15) is 31.3 Å². The van der Waals surface area contributed by atoms with Crippen molar-refractivity contribution in [1.29, 1.82) is 0 Å². The van der Waals surface area contributed by atoms with E-state index in [1.54, 1.807) is 6.33 Å². The first-order chi connectivity index (χ1) is 11.1. The molecule has 5 heteroatoms. The summed E-state index contributed by atoms with van der Waals surface area (Å²) in [4.78, 5) is 9.45. The molecule has 1 aromatic carbocycles. The summed E-state index contributed by atoms with van der Waals surface area (Å²) in [6, 6.07) is 11.2. The highest BCUT2D eigenvalue weighted by molar-refractivity contribution is 5.20. The number of piperazine rings is 1. The Labute approximate surface area is 138 Å². The lowest BCUT2D eigenvalue weighted by Crippen LogP contribution is -2.46. The average molecular weight is 313 g/mol. The molecule has 1 atom stereocenters. The molecule has 1 saturated heterocycles. The monoisotopic (exact) mass is 313 g/mol. The predicted octanol–water partition coefficient (Wildman–Crippen LogP) is 2.42. The lowest BCUT2D eigenvalue weighted by molar-refractivity contribution is 0.0795. The van der Waals surface area contributed by atoms with E-state index in [0.717, 1.165) is 38.5 Å². The van der Waals surface area contributed by atoms with Crippen molar-refractivity contribution in [3.05, 3.63) is 48.0 Å². The maximum atomic E-state index is 4.51. The van der Waals surface area contributed by atoms with Crippen LogP contribution in [0.2, 0.25) is 0 Å². The fourth-order valence-electron chi connectivity index (χ4n) is 3.23. The quantitative estimate of drug-likeness (QED) is 0.849. The largest absolute Gasteiger partial charge is 0.303 e. The molecule has 1 aromatic heterocycles. The molecule has 2 aromatic rings. The highest BCUT2D eigenvalue weighted by Crippen LogP contribution is 2.26. The van der Waals surface area contributed by atoms with Crippen LogP contribution in [0.3, 0.4) is 0 Å². The number of aromatic nitrogens is 3. The van der Waals surface area contributed by atoms with Gasteiger partial charge < -0.3 is 4.90 Å². The molecule has 2 heterocycles. The van der Waals surface area contributed by atoms with Crippen molar-refractivity contribution < 1.29 is 0 Å². The van der Waals surface area contributed by atoms with Crippen LogP contribution in [0.5, 0.6) is 0 Å². The maximum Gasteiger partial charge on any atom is 0.141 e. The maximum absolute atomic E-state index is 4.51. The Bertz CT molecular complexity index is 607. The Balaban J connectivity index is 1.78. The number of hydrogen-bond donors (Lipinski definition) is 0. The van der Waals surface area contributed by atoms with Gasteiger partial charge >= 0.3 is 0 Å². The second kappa shape index (κ2) is 7.23. The molecule has 3 rings (SSSR count). The lowest BCUT2D eigenvalue weighted by atomic mass is 10.0. The van der Waals surface area contributed by atoms with Gasteiger partial charge in [0.2, 0.25) is 0 Å². The summed E-state index contributed by atoms with van der Waals surface area (Å²) in [5.74, 6) is 1.65. The van der Waals surface area contributed by atoms with Crippen LogP contribution >= 0.6 is 0 Å². The minimum absolute atomic E-state index is 0.416. The minimum Gasteiger partial charge on any atom is -0.303 e. The molecular formula is C18H27N5. The summed E-state index contributed by atoms with van der Waals surface area (Å²) < 4.78 is 2.06. The molecule has 5 nitrogen and oxygen atoms in total. The summed E-state index contributed by atoms with van der Waals surface area (Å²) in [6.07, 6.45) is 1.69. The van der Waals surface area contributed by atoms with Crippen LogP contribution in [-0.4, -0.2) is 51.2 Å². The van der Waals surface area contributed by atoms with Crippen molar-refractivity contribution in [1.82, 2.24) is 24.6 Å². The highest BCUT2D eigenvalue weighted by Gasteiger charge is 2.27. The van der Waals surface area contributed by atoms with Gasteiger partial charge in [-0.2, -0.15) is 5.10 Å². The van der Waals surface area contributed by atoms with Crippen LogP contribution < -0.4 is 0 Å². The van der Waals surface area contributed by atoms with Crippen molar-refractivity contribution in [2.24, 2.45) is 5.92 Å². The van der Waals surface area contributed by atoms with Crippen LogP contribution in [0.25, 0.3) is 0 Å². The van der Waals surface area contributed by atoms with Gasteiger partial charge in [0.05, 0.1) is 6.54 Å². The van der Waals surface area contributed by atoms with Crippen molar-refractivity contribution in [2.45, 2.75) is 33.0 Å². The molecule has 0 bridgehead atoms. The average Bonchev–Trinajstić information content (AvgIpc) is 2.96. The van der Waals surface area contributed by atoms with Crippen molar-refractivity contribution in [3.63, 3.8) is 0 Å². The summed E-state index contributed by atoms with van der Waals surface area (Å²) in [7, 11) is 2.20. The number of likely N-dealkylation sites (N-methyl/N-ethyl adjacent to an activating group) is 1. The predicted molar refractivity (Wildman–Crippen MR) is 92.0 cm³/mol. The van der Waals surface area contributed by atoms with E-state index in [2.05, 4.69) is 75.8 Å². The molecule has 0 N–H and O–H groups in total. The molecule has 0 radical (unpaired) electrons. The molecule has 0 amide bonds. The number of benzene rings is 1. The van der Waals surface area contributed by atoms with Gasteiger partial charge in [-0.05, 0) is 18.5 Å². The van der Waals surface area contributed by atoms with E-state index in [-0.39, 0.29) is 0 Å². The first kappa shape index (κ1) is 16.1. The fraction of sp³-hybridized carbons (Fsp3) is 0.556.